The Labute approximate surface area is 191 Å². The first-order valence-corrected chi connectivity index (χ1v) is 12.6. The van der Waals surface area contributed by atoms with Gasteiger partial charge in [-0.25, -0.2) is 8.42 Å². The Morgan fingerprint density at radius 2 is 1.81 bits per heavy atom. The molecule has 4 rings (SSSR count). The molecular formula is C23H24N2O5S2. The van der Waals surface area contributed by atoms with E-state index in [1.165, 1.54) is 15.6 Å². The Kier molecular flexibility index (Phi) is 6.78. The van der Waals surface area contributed by atoms with Crippen LogP contribution in [0.4, 0.5) is 5.69 Å². The third-order valence-electron chi connectivity index (χ3n) is 5.06. The van der Waals surface area contributed by atoms with Crippen LogP contribution in [0.3, 0.4) is 0 Å². The van der Waals surface area contributed by atoms with E-state index < -0.39 is 10.0 Å². The third kappa shape index (κ3) is 5.12. The van der Waals surface area contributed by atoms with Crippen molar-refractivity contribution in [2.75, 3.05) is 25.1 Å². The monoisotopic (exact) mass is 472 g/mol. The largest absolute Gasteiger partial charge is 0.494 e. The highest BCUT2D eigenvalue weighted by Crippen LogP contribution is 2.28. The summed E-state index contributed by atoms with van der Waals surface area (Å²) in [5, 5.41) is 4.58. The van der Waals surface area contributed by atoms with E-state index in [2.05, 4.69) is 5.32 Å². The molecule has 1 aliphatic rings. The van der Waals surface area contributed by atoms with Crippen LogP contribution in [0.15, 0.2) is 64.2 Å². The number of sulfonamides is 1. The van der Waals surface area contributed by atoms with Crippen LogP contribution in [-0.4, -0.2) is 38.4 Å². The number of carbonyl (C=O) groups excluding carboxylic acids is 1. The Hall–Kier alpha value is -2.88. The number of carbonyl (C=O) groups is 1. The van der Waals surface area contributed by atoms with Crippen LogP contribution in [0.25, 0.3) is 0 Å². The number of benzene rings is 2. The van der Waals surface area contributed by atoms with Crippen LogP contribution in [0.1, 0.15) is 18.1 Å². The van der Waals surface area contributed by atoms with E-state index in [1.807, 2.05) is 25.1 Å². The average molecular weight is 473 g/mol. The van der Waals surface area contributed by atoms with Crippen molar-refractivity contribution in [3.8, 4) is 11.5 Å². The number of ether oxygens (including phenoxy) is 2. The molecule has 0 radical (unpaired) electrons. The zero-order valence-electron chi connectivity index (χ0n) is 17.6. The van der Waals surface area contributed by atoms with Gasteiger partial charge >= 0.3 is 0 Å². The molecule has 0 spiro atoms. The Balaban J connectivity index is 1.37. The van der Waals surface area contributed by atoms with Crippen molar-refractivity contribution >= 4 is 33.0 Å². The highest BCUT2D eigenvalue weighted by Gasteiger charge is 2.29. The van der Waals surface area contributed by atoms with Gasteiger partial charge in [-0.2, -0.15) is 4.31 Å². The molecule has 1 N–H and O–H groups in total. The lowest BCUT2D eigenvalue weighted by molar-refractivity contribution is -0.118. The fourth-order valence-electron chi connectivity index (χ4n) is 3.50. The predicted molar refractivity (Wildman–Crippen MR) is 124 cm³/mol. The number of rotatable bonds is 8. The van der Waals surface area contributed by atoms with Gasteiger partial charge in [-0.3, -0.25) is 4.79 Å². The first-order valence-electron chi connectivity index (χ1n) is 10.3. The molecule has 0 fully saturated rings. The summed E-state index contributed by atoms with van der Waals surface area (Å²) in [5.41, 5.74) is 2.59. The Bertz CT molecular complexity index is 1180. The van der Waals surface area contributed by atoms with Gasteiger partial charge in [0, 0.05) is 18.8 Å². The summed E-state index contributed by atoms with van der Waals surface area (Å²) >= 11 is 1.22. The van der Waals surface area contributed by atoms with Gasteiger partial charge in [0.2, 0.25) is 0 Å². The van der Waals surface area contributed by atoms with E-state index in [0.717, 1.165) is 16.9 Å². The molecule has 1 aliphatic heterocycles. The van der Waals surface area contributed by atoms with E-state index in [9.17, 15) is 13.2 Å². The molecule has 9 heteroatoms. The second-order valence-corrected chi connectivity index (χ2v) is 10.4. The topological polar surface area (TPSA) is 84.9 Å². The molecule has 168 valence electrons. The lowest BCUT2D eigenvalue weighted by Crippen LogP contribution is -2.35. The number of thiophene rings is 1. The summed E-state index contributed by atoms with van der Waals surface area (Å²) in [6.45, 7) is 3.08. The van der Waals surface area contributed by atoms with Gasteiger partial charge in [0.15, 0.2) is 6.61 Å². The molecule has 0 aliphatic carbocycles. The van der Waals surface area contributed by atoms with E-state index >= 15 is 0 Å². The molecule has 0 unspecified atom stereocenters. The summed E-state index contributed by atoms with van der Waals surface area (Å²) in [6, 6.07) is 16.0. The molecule has 32 heavy (non-hydrogen) atoms. The standard InChI is InChI=1S/C23H24N2O5S2/c1-2-29-20-7-9-21(10-8-20)30-16-22(26)24-19-6-5-17-11-12-25(15-18(17)14-19)32(27,28)23-4-3-13-31-23/h3-10,13-14H,2,11-12,15-16H2,1H3,(H,24,26). The van der Waals surface area contributed by atoms with E-state index in [1.54, 1.807) is 41.8 Å². The molecular weight excluding hydrogens is 448 g/mol. The van der Waals surface area contributed by atoms with Crippen LogP contribution in [0.2, 0.25) is 0 Å². The van der Waals surface area contributed by atoms with Crippen molar-refractivity contribution < 1.29 is 22.7 Å². The molecule has 1 amide bonds. The maximum absolute atomic E-state index is 12.8. The Morgan fingerprint density at radius 3 is 2.50 bits per heavy atom. The molecule has 3 aromatic rings. The van der Waals surface area contributed by atoms with Gasteiger partial charge < -0.3 is 14.8 Å². The van der Waals surface area contributed by atoms with Gasteiger partial charge in [0.1, 0.15) is 15.7 Å². The molecule has 0 atom stereocenters. The number of nitrogens with zero attached hydrogens (tertiary/aromatic N) is 1. The molecule has 1 aromatic heterocycles. The normalized spacial score (nSPS) is 13.9. The fraction of sp³-hybridized carbons (Fsp3) is 0.261. The SMILES string of the molecule is CCOc1ccc(OCC(=O)Nc2ccc3c(c2)CN(S(=O)(=O)c2cccs2)CC3)cc1. The predicted octanol–water partition coefficient (Wildman–Crippen LogP) is 3.91. The molecule has 7 nitrogen and oxygen atoms in total. The third-order valence-corrected chi connectivity index (χ3v) is 8.28. The maximum atomic E-state index is 12.8. The molecule has 2 heterocycles. The maximum Gasteiger partial charge on any atom is 0.262 e. The second kappa shape index (κ2) is 9.72. The van der Waals surface area contributed by atoms with E-state index in [4.69, 9.17) is 9.47 Å². The minimum absolute atomic E-state index is 0.135. The van der Waals surface area contributed by atoms with Crippen LogP contribution < -0.4 is 14.8 Å². The number of fused-ring (bicyclic) bond motifs is 1. The molecule has 0 saturated heterocycles. The van der Waals surface area contributed by atoms with Crippen LogP contribution >= 0.6 is 11.3 Å². The minimum atomic E-state index is -3.51. The summed E-state index contributed by atoms with van der Waals surface area (Å²) in [7, 11) is -3.51. The number of anilines is 1. The summed E-state index contributed by atoms with van der Waals surface area (Å²) < 4.78 is 38.4. The number of hydrogen-bond donors (Lipinski definition) is 1. The van der Waals surface area contributed by atoms with E-state index in [0.29, 0.717) is 35.2 Å². The van der Waals surface area contributed by atoms with Crippen LogP contribution in [0.5, 0.6) is 11.5 Å². The number of nitrogens with one attached hydrogen (secondary N) is 1. The van der Waals surface area contributed by atoms with Crippen molar-refractivity contribution in [3.63, 3.8) is 0 Å². The smallest absolute Gasteiger partial charge is 0.262 e. The first kappa shape index (κ1) is 22.3. The van der Waals surface area contributed by atoms with Gasteiger partial charge in [-0.15, -0.1) is 11.3 Å². The highest BCUT2D eigenvalue weighted by atomic mass is 32.2. The van der Waals surface area contributed by atoms with Gasteiger partial charge in [0.25, 0.3) is 15.9 Å². The molecule has 0 bridgehead atoms. The Morgan fingerprint density at radius 1 is 1.06 bits per heavy atom. The lowest BCUT2D eigenvalue weighted by atomic mass is 10.0. The summed E-state index contributed by atoms with van der Waals surface area (Å²) in [6.07, 6.45) is 0.634. The lowest BCUT2D eigenvalue weighted by Gasteiger charge is -2.28. The van der Waals surface area contributed by atoms with Crippen molar-refractivity contribution in [2.45, 2.75) is 24.1 Å². The van der Waals surface area contributed by atoms with Crippen molar-refractivity contribution in [2.24, 2.45) is 0 Å². The van der Waals surface area contributed by atoms with Crippen LogP contribution in [0, 0.1) is 0 Å². The van der Waals surface area contributed by atoms with Gasteiger partial charge in [-0.1, -0.05) is 12.1 Å². The summed E-state index contributed by atoms with van der Waals surface area (Å²) in [5.74, 6) is 1.02. The summed E-state index contributed by atoms with van der Waals surface area (Å²) in [4.78, 5) is 12.3. The molecule has 0 saturated carbocycles. The second-order valence-electron chi connectivity index (χ2n) is 7.25. The fourth-order valence-corrected chi connectivity index (χ4v) is 6.06. The average Bonchev–Trinajstić information content (AvgIpc) is 3.34. The van der Waals surface area contributed by atoms with Crippen LogP contribution in [-0.2, 0) is 27.8 Å². The van der Waals surface area contributed by atoms with E-state index in [-0.39, 0.29) is 19.1 Å². The van der Waals surface area contributed by atoms with Crippen molar-refractivity contribution in [3.05, 3.63) is 71.1 Å². The van der Waals surface area contributed by atoms with Crippen molar-refractivity contribution in [1.29, 1.82) is 0 Å². The highest BCUT2D eigenvalue weighted by molar-refractivity contribution is 7.91. The van der Waals surface area contributed by atoms with Gasteiger partial charge in [-0.05, 0) is 72.3 Å². The quantitative estimate of drug-likeness (QED) is 0.537. The van der Waals surface area contributed by atoms with Gasteiger partial charge in [0.05, 0.1) is 6.61 Å². The zero-order chi connectivity index (χ0) is 22.6. The molecule has 2 aromatic carbocycles. The first-order chi connectivity index (χ1) is 15.5. The number of amides is 1. The number of hydrogen-bond acceptors (Lipinski definition) is 6. The minimum Gasteiger partial charge on any atom is -0.494 e. The zero-order valence-corrected chi connectivity index (χ0v) is 19.2. The van der Waals surface area contributed by atoms with Crippen molar-refractivity contribution in [1.82, 2.24) is 4.31 Å².